The molecule has 1 amide bonds. The number of carbonyl (C=O) groups is 1. The summed E-state index contributed by atoms with van der Waals surface area (Å²) in [5, 5.41) is 2.89. The Morgan fingerprint density at radius 3 is 2.68 bits per heavy atom. The van der Waals surface area contributed by atoms with E-state index in [0.717, 1.165) is 18.4 Å². The molecule has 3 N–H and O–H groups in total. The van der Waals surface area contributed by atoms with E-state index in [-0.39, 0.29) is 23.7 Å². The summed E-state index contributed by atoms with van der Waals surface area (Å²) in [7, 11) is 0. The molecule has 0 saturated carbocycles. The molecule has 0 heterocycles. The normalized spacial score (nSPS) is 13.9. The van der Waals surface area contributed by atoms with Gasteiger partial charge in [0.1, 0.15) is 5.82 Å². The lowest BCUT2D eigenvalue weighted by Gasteiger charge is -2.19. The van der Waals surface area contributed by atoms with Crippen molar-refractivity contribution in [2.45, 2.75) is 39.7 Å². The molecular formula is C15H23FN2O. The van der Waals surface area contributed by atoms with Crippen molar-refractivity contribution in [2.24, 2.45) is 11.7 Å². The van der Waals surface area contributed by atoms with Crippen LogP contribution in [0, 0.1) is 18.7 Å². The summed E-state index contributed by atoms with van der Waals surface area (Å²) in [5.74, 6) is -0.469. The second-order valence-electron chi connectivity index (χ2n) is 4.96. The van der Waals surface area contributed by atoms with Crippen LogP contribution in [-0.2, 0) is 4.79 Å². The quantitative estimate of drug-likeness (QED) is 0.831. The maximum atomic E-state index is 13.5. The largest absolute Gasteiger partial charge is 0.349 e. The highest BCUT2D eigenvalue weighted by Crippen LogP contribution is 2.17. The van der Waals surface area contributed by atoms with Crippen molar-refractivity contribution in [1.82, 2.24) is 5.32 Å². The first kappa shape index (κ1) is 15.6. The molecule has 0 aliphatic carbocycles. The topological polar surface area (TPSA) is 55.1 Å². The zero-order valence-electron chi connectivity index (χ0n) is 11.9. The van der Waals surface area contributed by atoms with Gasteiger partial charge in [0.25, 0.3) is 0 Å². The van der Waals surface area contributed by atoms with Gasteiger partial charge in [-0.05, 0) is 37.5 Å². The van der Waals surface area contributed by atoms with Crippen molar-refractivity contribution in [3.8, 4) is 0 Å². The molecule has 0 aliphatic rings. The van der Waals surface area contributed by atoms with E-state index in [1.165, 1.54) is 6.07 Å². The minimum Gasteiger partial charge on any atom is -0.349 e. The molecule has 2 atom stereocenters. The monoisotopic (exact) mass is 266 g/mol. The number of nitrogens with two attached hydrogens (primary N) is 1. The van der Waals surface area contributed by atoms with Crippen LogP contribution in [0.15, 0.2) is 18.2 Å². The fraction of sp³-hybridized carbons (Fsp3) is 0.533. The summed E-state index contributed by atoms with van der Waals surface area (Å²) in [6.45, 7) is 5.93. The maximum absolute atomic E-state index is 13.5. The molecule has 0 bridgehead atoms. The van der Waals surface area contributed by atoms with Crippen LogP contribution in [0.4, 0.5) is 4.39 Å². The van der Waals surface area contributed by atoms with Gasteiger partial charge in [-0.1, -0.05) is 25.5 Å². The van der Waals surface area contributed by atoms with Gasteiger partial charge in [0.15, 0.2) is 0 Å². The second kappa shape index (κ2) is 7.24. The first-order valence-corrected chi connectivity index (χ1v) is 6.76. The molecule has 19 heavy (non-hydrogen) atoms. The van der Waals surface area contributed by atoms with E-state index in [1.807, 2.05) is 19.9 Å². The van der Waals surface area contributed by atoms with Gasteiger partial charge in [0.2, 0.25) is 5.91 Å². The Balaban J connectivity index is 2.70. The van der Waals surface area contributed by atoms with Gasteiger partial charge in [-0.25, -0.2) is 4.39 Å². The average Bonchev–Trinajstić information content (AvgIpc) is 2.38. The molecular weight excluding hydrogens is 243 g/mol. The van der Waals surface area contributed by atoms with Crippen LogP contribution in [0.3, 0.4) is 0 Å². The molecule has 106 valence electrons. The number of aryl methyl sites for hydroxylation is 1. The number of amides is 1. The van der Waals surface area contributed by atoms with Gasteiger partial charge in [-0.15, -0.1) is 0 Å². The third kappa shape index (κ3) is 4.31. The Kier molecular flexibility index (Phi) is 5.96. The predicted octanol–water partition coefficient (Wildman–Crippen LogP) is 2.69. The van der Waals surface area contributed by atoms with Crippen LogP contribution in [0.1, 0.15) is 43.9 Å². The lowest BCUT2D eigenvalue weighted by molar-refractivity contribution is -0.125. The summed E-state index contributed by atoms with van der Waals surface area (Å²) in [6.07, 6.45) is 1.69. The van der Waals surface area contributed by atoms with Gasteiger partial charge >= 0.3 is 0 Å². The number of nitrogens with one attached hydrogen (secondary N) is 1. The van der Waals surface area contributed by atoms with Crippen LogP contribution in [0.5, 0.6) is 0 Å². The highest BCUT2D eigenvalue weighted by Gasteiger charge is 2.18. The minimum absolute atomic E-state index is 0.0576. The molecule has 3 nitrogen and oxygen atoms in total. The molecule has 0 fully saturated rings. The summed E-state index contributed by atoms with van der Waals surface area (Å²) in [4.78, 5) is 12.0. The highest BCUT2D eigenvalue weighted by molar-refractivity contribution is 5.79. The lowest BCUT2D eigenvalue weighted by Crippen LogP contribution is -2.36. The minimum atomic E-state index is -0.248. The Hall–Kier alpha value is -1.42. The molecule has 4 heteroatoms. The summed E-state index contributed by atoms with van der Waals surface area (Å²) < 4.78 is 13.5. The van der Waals surface area contributed by atoms with E-state index in [0.29, 0.717) is 12.1 Å². The smallest absolute Gasteiger partial charge is 0.224 e. The first-order valence-electron chi connectivity index (χ1n) is 6.76. The number of hydrogen-bond donors (Lipinski definition) is 2. The van der Waals surface area contributed by atoms with Gasteiger partial charge in [0.05, 0.1) is 12.0 Å². The number of rotatable bonds is 6. The Labute approximate surface area is 114 Å². The van der Waals surface area contributed by atoms with Crippen molar-refractivity contribution in [1.29, 1.82) is 0 Å². The van der Waals surface area contributed by atoms with Crippen LogP contribution in [0.25, 0.3) is 0 Å². The fourth-order valence-corrected chi connectivity index (χ4v) is 2.00. The fourth-order valence-electron chi connectivity index (χ4n) is 2.00. The van der Waals surface area contributed by atoms with Gasteiger partial charge in [0, 0.05) is 6.54 Å². The van der Waals surface area contributed by atoms with Crippen LogP contribution < -0.4 is 11.1 Å². The van der Waals surface area contributed by atoms with Crippen molar-refractivity contribution in [3.05, 3.63) is 35.1 Å². The van der Waals surface area contributed by atoms with Crippen LogP contribution in [0.2, 0.25) is 0 Å². The van der Waals surface area contributed by atoms with Crippen LogP contribution >= 0.6 is 0 Å². The maximum Gasteiger partial charge on any atom is 0.224 e. The number of hydrogen-bond acceptors (Lipinski definition) is 2. The first-order chi connectivity index (χ1) is 8.99. The van der Waals surface area contributed by atoms with Crippen molar-refractivity contribution in [2.75, 3.05) is 6.54 Å². The van der Waals surface area contributed by atoms with Crippen molar-refractivity contribution < 1.29 is 9.18 Å². The van der Waals surface area contributed by atoms with E-state index in [1.54, 1.807) is 13.0 Å². The molecule has 2 unspecified atom stereocenters. The van der Waals surface area contributed by atoms with E-state index >= 15 is 0 Å². The molecule has 0 radical (unpaired) electrons. The number of halogens is 1. The summed E-state index contributed by atoms with van der Waals surface area (Å²) in [5.41, 5.74) is 6.97. The molecule has 1 rings (SSSR count). The third-order valence-electron chi connectivity index (χ3n) is 3.35. The molecule has 0 saturated heterocycles. The van der Waals surface area contributed by atoms with Gasteiger partial charge in [-0.2, -0.15) is 0 Å². The number of benzene rings is 1. The third-order valence-corrected chi connectivity index (χ3v) is 3.35. The van der Waals surface area contributed by atoms with Crippen LogP contribution in [-0.4, -0.2) is 12.5 Å². The molecule has 1 aromatic rings. The zero-order chi connectivity index (χ0) is 14.4. The van der Waals surface area contributed by atoms with E-state index < -0.39 is 0 Å². The van der Waals surface area contributed by atoms with Crippen molar-refractivity contribution in [3.63, 3.8) is 0 Å². The predicted molar refractivity (Wildman–Crippen MR) is 75.1 cm³/mol. The Bertz CT molecular complexity index is 434. The van der Waals surface area contributed by atoms with E-state index in [4.69, 9.17) is 5.73 Å². The molecule has 1 aromatic carbocycles. The van der Waals surface area contributed by atoms with Crippen molar-refractivity contribution >= 4 is 5.91 Å². The van der Waals surface area contributed by atoms with E-state index in [9.17, 15) is 9.18 Å². The number of carbonyl (C=O) groups excluding carboxylic acids is 1. The molecule has 0 spiro atoms. The van der Waals surface area contributed by atoms with Gasteiger partial charge < -0.3 is 11.1 Å². The average molecular weight is 266 g/mol. The summed E-state index contributed by atoms with van der Waals surface area (Å²) >= 11 is 0. The second-order valence-corrected chi connectivity index (χ2v) is 4.96. The zero-order valence-corrected chi connectivity index (χ0v) is 11.9. The summed E-state index contributed by atoms with van der Waals surface area (Å²) in [6, 6.07) is 4.81. The highest BCUT2D eigenvalue weighted by atomic mass is 19.1. The SMILES string of the molecule is CCCC(CN)C(=O)NC(C)c1ccc(C)c(F)c1. The van der Waals surface area contributed by atoms with E-state index in [2.05, 4.69) is 5.32 Å². The Morgan fingerprint density at radius 2 is 2.16 bits per heavy atom. The molecule has 0 aromatic heterocycles. The lowest BCUT2D eigenvalue weighted by atomic mass is 10.0. The Morgan fingerprint density at radius 1 is 1.47 bits per heavy atom. The molecule has 0 aliphatic heterocycles. The standard InChI is InChI=1S/C15H23FN2O/c1-4-5-13(9-17)15(19)18-11(3)12-7-6-10(2)14(16)8-12/h6-8,11,13H,4-5,9,17H2,1-3H3,(H,18,19). The van der Waals surface area contributed by atoms with Gasteiger partial charge in [-0.3, -0.25) is 4.79 Å².